The lowest BCUT2D eigenvalue weighted by atomic mass is 9.46. The highest BCUT2D eigenvalue weighted by Crippen LogP contribution is 2.64. The summed E-state index contributed by atoms with van der Waals surface area (Å²) < 4.78 is 0. The molecule has 0 heterocycles. The zero-order valence-electron chi connectivity index (χ0n) is 13.1. The van der Waals surface area contributed by atoms with Crippen LogP contribution in [0.1, 0.15) is 71.6 Å². The highest BCUT2D eigenvalue weighted by Gasteiger charge is 2.55. The molecule has 0 aromatic carbocycles. The Hall–Kier alpha value is -0.590. The normalized spacial score (nSPS) is 51.0. The SMILES string of the molecule is C[C@@]12CCC=C1[C@@H]1CCC3CC(=O)CC[C@]3(C)[C@H]1CC2. The summed E-state index contributed by atoms with van der Waals surface area (Å²) in [5, 5.41) is 0. The maximum absolute atomic E-state index is 11.8. The minimum Gasteiger partial charge on any atom is -0.300 e. The van der Waals surface area contributed by atoms with Crippen LogP contribution >= 0.6 is 0 Å². The number of Topliss-reactive ketones (excluding diaryl/α,β-unsaturated/α-hetero) is 1. The summed E-state index contributed by atoms with van der Waals surface area (Å²) in [4.78, 5) is 11.8. The maximum atomic E-state index is 11.8. The Morgan fingerprint density at radius 2 is 1.95 bits per heavy atom. The Balaban J connectivity index is 1.67. The van der Waals surface area contributed by atoms with E-state index in [4.69, 9.17) is 0 Å². The molecule has 4 aliphatic carbocycles. The van der Waals surface area contributed by atoms with Gasteiger partial charge in [0.2, 0.25) is 0 Å². The molecule has 4 aliphatic rings. The Labute approximate surface area is 123 Å². The fraction of sp³-hybridized carbons (Fsp3) is 0.842. The van der Waals surface area contributed by atoms with Crippen LogP contribution in [0.25, 0.3) is 0 Å². The number of ketones is 1. The summed E-state index contributed by atoms with van der Waals surface area (Å²) in [6.07, 6.45) is 13.7. The maximum Gasteiger partial charge on any atom is 0.133 e. The molecule has 0 spiro atoms. The third-order valence-electron chi connectivity index (χ3n) is 7.67. The summed E-state index contributed by atoms with van der Waals surface area (Å²) in [5.41, 5.74) is 2.82. The Bertz CT molecular complexity index is 476. The van der Waals surface area contributed by atoms with E-state index in [9.17, 15) is 4.79 Å². The lowest BCUT2D eigenvalue weighted by Crippen LogP contribution is -2.50. The van der Waals surface area contributed by atoms with Crippen molar-refractivity contribution < 1.29 is 4.79 Å². The number of carbonyl (C=O) groups excluding carboxylic acids is 1. The highest BCUT2D eigenvalue weighted by molar-refractivity contribution is 5.79. The number of carbonyl (C=O) groups is 1. The average molecular weight is 272 g/mol. The Kier molecular flexibility index (Phi) is 2.76. The Morgan fingerprint density at radius 1 is 1.10 bits per heavy atom. The van der Waals surface area contributed by atoms with Crippen molar-refractivity contribution in [2.24, 2.45) is 28.6 Å². The van der Waals surface area contributed by atoms with Crippen LogP contribution in [0.5, 0.6) is 0 Å². The average Bonchev–Trinajstić information content (AvgIpc) is 2.81. The van der Waals surface area contributed by atoms with Crippen LogP contribution < -0.4 is 0 Å². The van der Waals surface area contributed by atoms with Crippen molar-refractivity contribution in [3.63, 3.8) is 0 Å². The van der Waals surface area contributed by atoms with Gasteiger partial charge in [-0.2, -0.15) is 0 Å². The first-order chi connectivity index (χ1) is 9.53. The summed E-state index contributed by atoms with van der Waals surface area (Å²) in [7, 11) is 0. The predicted molar refractivity (Wildman–Crippen MR) is 81.3 cm³/mol. The quantitative estimate of drug-likeness (QED) is 0.573. The van der Waals surface area contributed by atoms with Gasteiger partial charge in [-0.3, -0.25) is 4.79 Å². The second-order valence-electron chi connectivity index (χ2n) is 8.53. The van der Waals surface area contributed by atoms with Gasteiger partial charge in [-0.25, -0.2) is 0 Å². The fourth-order valence-electron chi connectivity index (χ4n) is 6.37. The van der Waals surface area contributed by atoms with E-state index in [0.29, 0.717) is 22.5 Å². The number of allylic oxidation sites excluding steroid dienone is 2. The molecule has 0 aliphatic heterocycles. The molecule has 1 nitrogen and oxygen atoms in total. The van der Waals surface area contributed by atoms with Gasteiger partial charge in [0.05, 0.1) is 0 Å². The Morgan fingerprint density at radius 3 is 2.80 bits per heavy atom. The van der Waals surface area contributed by atoms with Crippen LogP contribution in [0.2, 0.25) is 0 Å². The molecule has 0 aromatic heterocycles. The van der Waals surface area contributed by atoms with E-state index in [1.165, 1.54) is 44.9 Å². The summed E-state index contributed by atoms with van der Waals surface area (Å²) in [6, 6.07) is 0. The van der Waals surface area contributed by atoms with Crippen LogP contribution in [0.15, 0.2) is 11.6 Å². The molecule has 0 radical (unpaired) electrons. The topological polar surface area (TPSA) is 17.1 Å². The molecule has 0 amide bonds. The van der Waals surface area contributed by atoms with Crippen molar-refractivity contribution in [2.75, 3.05) is 0 Å². The van der Waals surface area contributed by atoms with Gasteiger partial charge in [-0.15, -0.1) is 0 Å². The summed E-state index contributed by atoms with van der Waals surface area (Å²) >= 11 is 0. The molecule has 0 saturated heterocycles. The monoisotopic (exact) mass is 272 g/mol. The van der Waals surface area contributed by atoms with Crippen molar-refractivity contribution >= 4 is 5.78 Å². The second kappa shape index (κ2) is 4.21. The summed E-state index contributed by atoms with van der Waals surface area (Å²) in [6.45, 7) is 5.04. The molecule has 110 valence electrons. The van der Waals surface area contributed by atoms with E-state index in [1.54, 1.807) is 0 Å². The molecule has 5 atom stereocenters. The van der Waals surface area contributed by atoms with Crippen LogP contribution in [-0.4, -0.2) is 5.78 Å². The third kappa shape index (κ3) is 1.64. The molecular formula is C19H28O. The molecule has 0 bridgehead atoms. The van der Waals surface area contributed by atoms with Gasteiger partial charge in [0, 0.05) is 12.8 Å². The number of fused-ring (bicyclic) bond motifs is 5. The van der Waals surface area contributed by atoms with Crippen LogP contribution in [0.4, 0.5) is 0 Å². The summed E-state index contributed by atoms with van der Waals surface area (Å²) in [5.74, 6) is 2.94. The van der Waals surface area contributed by atoms with Gasteiger partial charge < -0.3 is 0 Å². The van der Waals surface area contributed by atoms with Gasteiger partial charge >= 0.3 is 0 Å². The number of hydrogen-bond acceptors (Lipinski definition) is 1. The van der Waals surface area contributed by atoms with Crippen molar-refractivity contribution in [3.8, 4) is 0 Å². The van der Waals surface area contributed by atoms with Crippen molar-refractivity contribution in [1.29, 1.82) is 0 Å². The van der Waals surface area contributed by atoms with Gasteiger partial charge in [-0.1, -0.05) is 25.5 Å². The standard InChI is InChI=1S/C19H28O/c1-18-9-3-4-16(18)15-6-5-13-12-14(20)7-11-19(13,2)17(15)8-10-18/h4,13,15,17H,3,5-12H2,1-2H3/t13?,15-,17-,18-,19-/m0/s1. The van der Waals surface area contributed by atoms with Gasteiger partial charge in [0.1, 0.15) is 5.78 Å². The molecular weight excluding hydrogens is 244 g/mol. The fourth-order valence-corrected chi connectivity index (χ4v) is 6.37. The van der Waals surface area contributed by atoms with Gasteiger partial charge in [0.15, 0.2) is 0 Å². The van der Waals surface area contributed by atoms with E-state index in [1.807, 2.05) is 5.57 Å². The largest absolute Gasteiger partial charge is 0.300 e. The number of rotatable bonds is 0. The van der Waals surface area contributed by atoms with Gasteiger partial charge in [0.25, 0.3) is 0 Å². The van der Waals surface area contributed by atoms with E-state index >= 15 is 0 Å². The molecule has 3 saturated carbocycles. The second-order valence-corrected chi connectivity index (χ2v) is 8.53. The van der Waals surface area contributed by atoms with E-state index in [0.717, 1.165) is 24.7 Å². The van der Waals surface area contributed by atoms with Gasteiger partial charge in [-0.05, 0) is 73.5 Å². The van der Waals surface area contributed by atoms with Crippen molar-refractivity contribution in [2.45, 2.75) is 71.6 Å². The predicted octanol–water partition coefficient (Wildman–Crippen LogP) is 4.91. The third-order valence-corrected chi connectivity index (χ3v) is 7.67. The molecule has 0 aromatic rings. The highest BCUT2D eigenvalue weighted by atomic mass is 16.1. The van der Waals surface area contributed by atoms with E-state index in [-0.39, 0.29) is 0 Å². The van der Waals surface area contributed by atoms with E-state index < -0.39 is 0 Å². The zero-order valence-corrected chi connectivity index (χ0v) is 13.1. The lowest BCUT2D eigenvalue weighted by molar-refractivity contribution is -0.131. The van der Waals surface area contributed by atoms with Crippen LogP contribution in [0.3, 0.4) is 0 Å². The molecule has 20 heavy (non-hydrogen) atoms. The smallest absolute Gasteiger partial charge is 0.133 e. The lowest BCUT2D eigenvalue weighted by Gasteiger charge is -2.58. The molecule has 0 N–H and O–H groups in total. The number of hydrogen-bond donors (Lipinski definition) is 0. The van der Waals surface area contributed by atoms with E-state index in [2.05, 4.69) is 19.9 Å². The molecule has 1 unspecified atom stereocenters. The first-order valence-electron chi connectivity index (χ1n) is 8.75. The minimum absolute atomic E-state index is 0.460. The first kappa shape index (κ1) is 13.1. The minimum atomic E-state index is 0.460. The molecule has 1 heteroatoms. The molecule has 3 fully saturated rings. The zero-order chi connectivity index (χ0) is 14.0. The van der Waals surface area contributed by atoms with Crippen LogP contribution in [-0.2, 0) is 4.79 Å². The molecule has 4 rings (SSSR count). The van der Waals surface area contributed by atoms with Crippen molar-refractivity contribution in [3.05, 3.63) is 11.6 Å². The first-order valence-corrected chi connectivity index (χ1v) is 8.75. The van der Waals surface area contributed by atoms with Crippen LogP contribution in [0, 0.1) is 28.6 Å². The van der Waals surface area contributed by atoms with Crippen molar-refractivity contribution in [1.82, 2.24) is 0 Å².